The zero-order valence-corrected chi connectivity index (χ0v) is 17.3. The molecular formula is C20H16ClF5N4O2. The van der Waals surface area contributed by atoms with Crippen LogP contribution >= 0.6 is 11.6 Å². The summed E-state index contributed by atoms with van der Waals surface area (Å²) in [4.78, 5) is 30.5. The van der Waals surface area contributed by atoms with Gasteiger partial charge in [0.25, 0.3) is 11.5 Å². The van der Waals surface area contributed by atoms with Gasteiger partial charge in [-0.1, -0.05) is 17.7 Å². The van der Waals surface area contributed by atoms with Gasteiger partial charge in [-0.25, -0.2) is 13.8 Å². The molecule has 0 atom stereocenters. The first-order valence-corrected chi connectivity index (χ1v) is 9.90. The van der Waals surface area contributed by atoms with E-state index in [1.807, 2.05) is 0 Å². The van der Waals surface area contributed by atoms with Gasteiger partial charge in [0.15, 0.2) is 0 Å². The van der Waals surface area contributed by atoms with Crippen LogP contribution in [0.1, 0.15) is 12.5 Å². The highest BCUT2D eigenvalue weighted by atomic mass is 35.5. The van der Waals surface area contributed by atoms with Gasteiger partial charge in [-0.2, -0.15) is 13.2 Å². The Bertz CT molecular complexity index is 1270. The number of fused-ring (bicyclic) bond motifs is 1. The number of carbonyl (C=O) groups excluding carboxylic acids is 1. The highest BCUT2D eigenvalue weighted by Gasteiger charge is 2.46. The fourth-order valence-electron chi connectivity index (χ4n) is 3.63. The summed E-state index contributed by atoms with van der Waals surface area (Å²) >= 11 is 5.70. The first-order chi connectivity index (χ1) is 14.9. The summed E-state index contributed by atoms with van der Waals surface area (Å²) in [6.45, 7) is 0.196. The Morgan fingerprint density at radius 3 is 2.50 bits per heavy atom. The summed E-state index contributed by atoms with van der Waals surface area (Å²) in [5.41, 5.74) is -1.19. The lowest BCUT2D eigenvalue weighted by Crippen LogP contribution is -2.59. The summed E-state index contributed by atoms with van der Waals surface area (Å²) in [6.07, 6.45) is -2.07. The molecule has 1 aliphatic heterocycles. The van der Waals surface area contributed by atoms with Crippen LogP contribution in [0.15, 0.2) is 35.5 Å². The number of rotatable bonds is 4. The second kappa shape index (κ2) is 7.58. The summed E-state index contributed by atoms with van der Waals surface area (Å²) in [5.74, 6) is -3.62. The van der Waals surface area contributed by atoms with E-state index in [4.69, 9.17) is 11.6 Å². The van der Waals surface area contributed by atoms with Crippen LogP contribution in [0.3, 0.4) is 0 Å². The van der Waals surface area contributed by atoms with E-state index >= 15 is 0 Å². The second-order valence-electron chi connectivity index (χ2n) is 7.50. The van der Waals surface area contributed by atoms with E-state index in [-0.39, 0.29) is 22.2 Å². The Balaban J connectivity index is 1.80. The van der Waals surface area contributed by atoms with Crippen LogP contribution in [-0.4, -0.2) is 43.9 Å². The Kier molecular flexibility index (Phi) is 5.27. The zero-order chi connectivity index (χ0) is 23.4. The Hall–Kier alpha value is -2.95. The normalized spacial score (nSPS) is 15.8. The van der Waals surface area contributed by atoms with Crippen molar-refractivity contribution < 1.29 is 26.7 Å². The molecule has 2 aromatic heterocycles. The molecule has 1 fully saturated rings. The van der Waals surface area contributed by atoms with E-state index in [0.717, 1.165) is 27.9 Å². The van der Waals surface area contributed by atoms with Crippen molar-refractivity contribution in [1.29, 1.82) is 0 Å². The number of amides is 1. The summed E-state index contributed by atoms with van der Waals surface area (Å²) in [5, 5.41) is -0.459. The third kappa shape index (κ3) is 3.85. The second-order valence-corrected chi connectivity index (χ2v) is 7.91. The minimum absolute atomic E-state index is 0.0199. The van der Waals surface area contributed by atoms with Gasteiger partial charge in [0, 0.05) is 18.3 Å². The maximum atomic E-state index is 13.3. The first-order valence-electron chi connectivity index (χ1n) is 9.52. The van der Waals surface area contributed by atoms with Crippen molar-refractivity contribution in [3.8, 4) is 11.1 Å². The molecule has 0 spiro atoms. The molecule has 0 radical (unpaired) electrons. The van der Waals surface area contributed by atoms with Crippen LogP contribution in [0, 0.1) is 0 Å². The average Bonchev–Trinajstić information content (AvgIpc) is 3.07. The number of carbonyl (C=O) groups is 1. The quantitative estimate of drug-likeness (QED) is 0.536. The highest BCUT2D eigenvalue weighted by molar-refractivity contribution is 6.31. The molecule has 1 amide bonds. The number of alkyl halides is 5. The molecule has 3 aromatic rings. The molecule has 0 aliphatic carbocycles. The molecule has 3 heterocycles. The van der Waals surface area contributed by atoms with Gasteiger partial charge in [0.1, 0.15) is 18.5 Å². The molecule has 6 nitrogen and oxygen atoms in total. The lowest BCUT2D eigenvalue weighted by atomic mass is 10.0. The fourth-order valence-corrected chi connectivity index (χ4v) is 3.86. The maximum absolute atomic E-state index is 13.3. The van der Waals surface area contributed by atoms with Crippen LogP contribution in [0.4, 0.5) is 22.0 Å². The van der Waals surface area contributed by atoms with Gasteiger partial charge in [-0.15, -0.1) is 0 Å². The lowest BCUT2D eigenvalue weighted by molar-refractivity contribution is -0.166. The first kappa shape index (κ1) is 22.3. The van der Waals surface area contributed by atoms with Crippen LogP contribution in [0.5, 0.6) is 0 Å². The highest BCUT2D eigenvalue weighted by Crippen LogP contribution is 2.38. The van der Waals surface area contributed by atoms with Crippen LogP contribution in [0.25, 0.3) is 22.2 Å². The molecule has 32 heavy (non-hydrogen) atoms. The zero-order valence-electron chi connectivity index (χ0n) is 16.6. The van der Waals surface area contributed by atoms with Crippen LogP contribution in [-0.2, 0) is 24.1 Å². The minimum Gasteiger partial charge on any atom is -0.332 e. The van der Waals surface area contributed by atoms with E-state index in [2.05, 4.69) is 4.98 Å². The Morgan fingerprint density at radius 1 is 1.22 bits per heavy atom. The number of halogens is 6. The number of hydrogen-bond donors (Lipinski definition) is 0. The van der Waals surface area contributed by atoms with Crippen molar-refractivity contribution in [2.24, 2.45) is 0 Å². The molecule has 1 aromatic carbocycles. The molecule has 4 rings (SSSR count). The summed E-state index contributed by atoms with van der Waals surface area (Å²) in [6, 6.07) is 3.30. The predicted molar refractivity (Wildman–Crippen MR) is 107 cm³/mol. The smallest absolute Gasteiger partial charge is 0.332 e. The predicted octanol–water partition coefficient (Wildman–Crippen LogP) is 4.03. The van der Waals surface area contributed by atoms with Gasteiger partial charge >= 0.3 is 6.18 Å². The monoisotopic (exact) mass is 474 g/mol. The minimum atomic E-state index is -4.69. The standard InChI is InChI=1S/C20H16ClF5N4O2/c1-2-28-6-12(11-3-4-14(21)13(5-11)20(24,25)26)16-17(28)27-10-29(18(16)32)7-15(31)30-8-19(22,23)9-30/h3-6,10H,2,7-9H2,1H3. The fraction of sp³-hybridized carbons (Fsp3) is 0.350. The molecule has 0 N–H and O–H groups in total. The molecule has 12 heteroatoms. The van der Waals surface area contributed by atoms with Crippen LogP contribution < -0.4 is 5.56 Å². The Morgan fingerprint density at radius 2 is 1.91 bits per heavy atom. The number of aryl methyl sites for hydroxylation is 1. The molecule has 170 valence electrons. The van der Waals surface area contributed by atoms with E-state index in [1.165, 1.54) is 12.3 Å². The lowest BCUT2D eigenvalue weighted by Gasteiger charge is -2.38. The van der Waals surface area contributed by atoms with Crippen molar-refractivity contribution in [3.05, 3.63) is 51.7 Å². The van der Waals surface area contributed by atoms with Gasteiger partial charge in [0.05, 0.1) is 29.1 Å². The molecule has 1 aliphatic rings. The molecular weight excluding hydrogens is 459 g/mol. The third-order valence-corrected chi connectivity index (χ3v) is 5.60. The van der Waals surface area contributed by atoms with Gasteiger partial charge in [0.2, 0.25) is 5.91 Å². The topological polar surface area (TPSA) is 60.1 Å². The van der Waals surface area contributed by atoms with Crippen molar-refractivity contribution in [2.45, 2.75) is 32.1 Å². The van der Waals surface area contributed by atoms with Crippen molar-refractivity contribution in [3.63, 3.8) is 0 Å². The van der Waals surface area contributed by atoms with E-state index in [0.29, 0.717) is 6.54 Å². The van der Waals surface area contributed by atoms with Gasteiger partial charge < -0.3 is 9.47 Å². The SMILES string of the molecule is CCn1cc(-c2ccc(Cl)c(C(F)(F)F)c2)c2c(=O)n(CC(=O)N3CC(F)(F)C3)cnc21. The summed E-state index contributed by atoms with van der Waals surface area (Å²) in [7, 11) is 0. The summed E-state index contributed by atoms with van der Waals surface area (Å²) < 4.78 is 68.6. The molecule has 0 unspecified atom stereocenters. The third-order valence-electron chi connectivity index (χ3n) is 5.27. The largest absolute Gasteiger partial charge is 0.417 e. The maximum Gasteiger partial charge on any atom is 0.417 e. The number of benzene rings is 1. The molecule has 0 bridgehead atoms. The van der Waals surface area contributed by atoms with Gasteiger partial charge in [-0.05, 0) is 24.6 Å². The molecule has 1 saturated heterocycles. The number of hydrogen-bond acceptors (Lipinski definition) is 3. The van der Waals surface area contributed by atoms with Gasteiger partial charge in [-0.3, -0.25) is 14.2 Å². The van der Waals surface area contributed by atoms with Crippen molar-refractivity contribution in [2.75, 3.05) is 13.1 Å². The van der Waals surface area contributed by atoms with Crippen molar-refractivity contribution in [1.82, 2.24) is 19.0 Å². The van der Waals surface area contributed by atoms with Crippen molar-refractivity contribution >= 4 is 28.5 Å². The van der Waals surface area contributed by atoms with E-state index in [1.54, 1.807) is 11.5 Å². The van der Waals surface area contributed by atoms with E-state index < -0.39 is 53.8 Å². The van der Waals surface area contributed by atoms with Crippen LogP contribution in [0.2, 0.25) is 5.02 Å². The number of aromatic nitrogens is 3. The number of nitrogens with zero attached hydrogens (tertiary/aromatic N) is 4. The average molecular weight is 475 g/mol. The number of likely N-dealkylation sites (tertiary alicyclic amines) is 1. The Labute approximate surface area is 182 Å². The van der Waals surface area contributed by atoms with E-state index in [9.17, 15) is 31.5 Å². The molecule has 0 saturated carbocycles.